The highest BCUT2D eigenvalue weighted by atomic mass is 16.4. The summed E-state index contributed by atoms with van der Waals surface area (Å²) in [5.41, 5.74) is 7.50. The Balaban J connectivity index is 2.94. The Labute approximate surface area is 129 Å². The van der Waals surface area contributed by atoms with E-state index in [2.05, 4.69) is 0 Å². The number of carboxylic acid groups (broad SMARTS) is 1. The van der Waals surface area contributed by atoms with Crippen molar-refractivity contribution in [1.29, 1.82) is 0 Å². The Morgan fingerprint density at radius 1 is 1.00 bits per heavy atom. The van der Waals surface area contributed by atoms with Crippen LogP contribution in [0.15, 0.2) is 42.5 Å². The smallest absolute Gasteiger partial charge is 0.336 e. The molecule has 0 aromatic heterocycles. The van der Waals surface area contributed by atoms with Crippen LogP contribution in [0.25, 0.3) is 11.1 Å². The molecule has 0 radical (unpaired) electrons. The van der Waals surface area contributed by atoms with Crippen LogP contribution in [0.5, 0.6) is 0 Å². The van der Waals surface area contributed by atoms with Gasteiger partial charge in [-0.2, -0.15) is 0 Å². The number of benzene rings is 2. The van der Waals surface area contributed by atoms with E-state index in [1.54, 1.807) is 6.07 Å². The molecule has 0 aliphatic rings. The van der Waals surface area contributed by atoms with E-state index in [1.165, 1.54) is 6.07 Å². The van der Waals surface area contributed by atoms with Crippen molar-refractivity contribution >= 4 is 11.9 Å². The lowest BCUT2D eigenvalue weighted by Crippen LogP contribution is -2.22. The van der Waals surface area contributed by atoms with Crippen molar-refractivity contribution in [2.24, 2.45) is 5.73 Å². The molecule has 0 unspecified atom stereocenters. The first-order valence-electron chi connectivity index (χ1n) is 6.99. The van der Waals surface area contributed by atoms with E-state index in [1.807, 2.05) is 51.1 Å². The van der Waals surface area contributed by atoms with Gasteiger partial charge in [0.1, 0.15) is 0 Å². The zero-order valence-corrected chi connectivity index (χ0v) is 12.9. The predicted octanol–water partition coefficient (Wildman–Crippen LogP) is 3.45. The third-order valence-corrected chi connectivity index (χ3v) is 3.55. The normalized spacial score (nSPS) is 11.2. The molecule has 0 spiro atoms. The van der Waals surface area contributed by atoms with E-state index in [9.17, 15) is 14.7 Å². The number of nitrogens with two attached hydrogens (primary N) is 1. The monoisotopic (exact) mass is 297 g/mol. The lowest BCUT2D eigenvalue weighted by atomic mass is 9.78. The van der Waals surface area contributed by atoms with Crippen LogP contribution in [0.3, 0.4) is 0 Å². The number of amides is 1. The van der Waals surface area contributed by atoms with Crippen LogP contribution in [-0.2, 0) is 5.41 Å². The molecular weight excluding hydrogens is 278 g/mol. The minimum Gasteiger partial charge on any atom is -0.478 e. The van der Waals surface area contributed by atoms with Crippen molar-refractivity contribution in [2.45, 2.75) is 26.2 Å². The molecule has 3 N–H and O–H groups in total. The SMILES string of the molecule is CC(C)(C)c1ccc(C(=O)O)c(C(N)=O)c1-c1ccccc1. The highest BCUT2D eigenvalue weighted by Gasteiger charge is 2.27. The van der Waals surface area contributed by atoms with Crippen LogP contribution in [0.4, 0.5) is 0 Å². The molecule has 0 saturated heterocycles. The molecule has 4 heteroatoms. The maximum Gasteiger partial charge on any atom is 0.336 e. The Bertz CT molecular complexity index is 728. The third kappa shape index (κ3) is 2.86. The van der Waals surface area contributed by atoms with Gasteiger partial charge in [-0.15, -0.1) is 0 Å². The molecule has 114 valence electrons. The summed E-state index contributed by atoms with van der Waals surface area (Å²) < 4.78 is 0. The largest absolute Gasteiger partial charge is 0.478 e. The molecule has 0 fully saturated rings. The minimum atomic E-state index is -1.16. The molecule has 0 atom stereocenters. The Morgan fingerprint density at radius 3 is 2.05 bits per heavy atom. The maximum atomic E-state index is 12.0. The average molecular weight is 297 g/mol. The van der Waals surface area contributed by atoms with Crippen molar-refractivity contribution in [2.75, 3.05) is 0 Å². The highest BCUT2D eigenvalue weighted by Crippen LogP contribution is 2.37. The molecule has 1 amide bonds. The molecule has 0 saturated carbocycles. The van der Waals surface area contributed by atoms with Crippen molar-refractivity contribution in [3.63, 3.8) is 0 Å². The molecule has 0 aliphatic carbocycles. The van der Waals surface area contributed by atoms with Crippen LogP contribution >= 0.6 is 0 Å². The summed E-state index contributed by atoms with van der Waals surface area (Å²) in [6.07, 6.45) is 0. The van der Waals surface area contributed by atoms with Gasteiger partial charge < -0.3 is 10.8 Å². The number of primary amides is 1. The maximum absolute atomic E-state index is 12.0. The van der Waals surface area contributed by atoms with Gasteiger partial charge in [0.25, 0.3) is 0 Å². The number of hydrogen-bond acceptors (Lipinski definition) is 2. The van der Waals surface area contributed by atoms with Gasteiger partial charge >= 0.3 is 5.97 Å². The fourth-order valence-electron chi connectivity index (χ4n) is 2.57. The summed E-state index contributed by atoms with van der Waals surface area (Å²) in [5, 5.41) is 9.37. The number of carboxylic acids is 1. The molecule has 0 heterocycles. The number of hydrogen-bond donors (Lipinski definition) is 2. The molecule has 4 nitrogen and oxygen atoms in total. The zero-order chi connectivity index (χ0) is 16.5. The van der Waals surface area contributed by atoms with Gasteiger partial charge in [-0.05, 0) is 28.2 Å². The number of rotatable bonds is 3. The molecule has 0 aliphatic heterocycles. The van der Waals surface area contributed by atoms with Crippen molar-refractivity contribution in [3.8, 4) is 11.1 Å². The molecule has 2 aromatic rings. The summed E-state index contributed by atoms with van der Waals surface area (Å²) in [7, 11) is 0. The van der Waals surface area contributed by atoms with Crippen LogP contribution in [0, 0.1) is 0 Å². The van der Waals surface area contributed by atoms with E-state index < -0.39 is 11.9 Å². The van der Waals surface area contributed by atoms with Crippen LogP contribution < -0.4 is 5.73 Å². The van der Waals surface area contributed by atoms with E-state index in [4.69, 9.17) is 5.73 Å². The van der Waals surface area contributed by atoms with Gasteiger partial charge in [-0.25, -0.2) is 4.79 Å². The number of aromatic carboxylic acids is 1. The van der Waals surface area contributed by atoms with Gasteiger partial charge in [0.2, 0.25) is 5.91 Å². The lowest BCUT2D eigenvalue weighted by molar-refractivity contribution is 0.0692. The second kappa shape index (κ2) is 5.64. The highest BCUT2D eigenvalue weighted by molar-refractivity contribution is 6.09. The van der Waals surface area contributed by atoms with Gasteiger partial charge in [-0.3, -0.25) is 4.79 Å². The van der Waals surface area contributed by atoms with Crippen molar-refractivity contribution in [1.82, 2.24) is 0 Å². The first-order chi connectivity index (χ1) is 10.2. The number of carbonyl (C=O) groups excluding carboxylic acids is 1. The molecular formula is C18H19NO3. The fourth-order valence-corrected chi connectivity index (χ4v) is 2.57. The predicted molar refractivity (Wildman–Crippen MR) is 86.1 cm³/mol. The summed E-state index contributed by atoms with van der Waals surface area (Å²) >= 11 is 0. The zero-order valence-electron chi connectivity index (χ0n) is 12.9. The number of carbonyl (C=O) groups is 2. The molecule has 0 bridgehead atoms. The first-order valence-corrected chi connectivity index (χ1v) is 6.99. The molecule has 2 aromatic carbocycles. The fraction of sp³-hybridized carbons (Fsp3) is 0.222. The standard InChI is InChI=1S/C18H19NO3/c1-18(2,3)13-10-9-12(17(21)22)15(16(19)20)14(13)11-7-5-4-6-8-11/h4-10H,1-3H3,(H2,19,20)(H,21,22). The van der Waals surface area contributed by atoms with Gasteiger partial charge in [0, 0.05) is 0 Å². The van der Waals surface area contributed by atoms with Gasteiger partial charge in [-0.1, -0.05) is 57.2 Å². The second-order valence-corrected chi connectivity index (χ2v) is 6.20. The van der Waals surface area contributed by atoms with Crippen LogP contribution in [0.2, 0.25) is 0 Å². The summed E-state index contributed by atoms with van der Waals surface area (Å²) in [4.78, 5) is 23.4. The quantitative estimate of drug-likeness (QED) is 0.910. The summed E-state index contributed by atoms with van der Waals surface area (Å²) in [6.45, 7) is 6.04. The lowest BCUT2D eigenvalue weighted by Gasteiger charge is -2.25. The minimum absolute atomic E-state index is 0.0612. The van der Waals surface area contributed by atoms with Crippen molar-refractivity contribution < 1.29 is 14.7 Å². The summed E-state index contributed by atoms with van der Waals surface area (Å²) in [5.74, 6) is -1.89. The van der Waals surface area contributed by atoms with Crippen molar-refractivity contribution in [3.05, 3.63) is 59.2 Å². The van der Waals surface area contributed by atoms with E-state index in [-0.39, 0.29) is 16.5 Å². The molecule has 22 heavy (non-hydrogen) atoms. The van der Waals surface area contributed by atoms with Crippen LogP contribution in [0.1, 0.15) is 47.1 Å². The van der Waals surface area contributed by atoms with Crippen LogP contribution in [-0.4, -0.2) is 17.0 Å². The summed E-state index contributed by atoms with van der Waals surface area (Å²) in [6, 6.07) is 12.5. The first kappa shape index (κ1) is 15.8. The third-order valence-electron chi connectivity index (χ3n) is 3.55. The van der Waals surface area contributed by atoms with Gasteiger partial charge in [0.05, 0.1) is 11.1 Å². The van der Waals surface area contributed by atoms with E-state index >= 15 is 0 Å². The van der Waals surface area contributed by atoms with E-state index in [0.29, 0.717) is 5.56 Å². The van der Waals surface area contributed by atoms with E-state index in [0.717, 1.165) is 11.1 Å². The second-order valence-electron chi connectivity index (χ2n) is 6.20. The average Bonchev–Trinajstić information content (AvgIpc) is 2.45. The molecule has 2 rings (SSSR count). The Hall–Kier alpha value is -2.62. The van der Waals surface area contributed by atoms with Gasteiger partial charge in [0.15, 0.2) is 0 Å². The topological polar surface area (TPSA) is 80.4 Å². The Kier molecular flexibility index (Phi) is 4.04. The Morgan fingerprint density at radius 2 is 1.59 bits per heavy atom.